The van der Waals surface area contributed by atoms with Gasteiger partial charge in [-0.1, -0.05) is 12.2 Å². The Morgan fingerprint density at radius 3 is 2.48 bits per heavy atom. The van der Waals surface area contributed by atoms with Gasteiger partial charge in [0.15, 0.2) is 0 Å². The van der Waals surface area contributed by atoms with Gasteiger partial charge in [0.1, 0.15) is 5.82 Å². The fraction of sp³-hybridized carbons (Fsp3) is 0.182. The number of nitrogens with one attached hydrogen (secondary N) is 1. The topological polar surface area (TPSA) is 86.6 Å². The van der Waals surface area contributed by atoms with Crippen LogP contribution >= 0.6 is 22.6 Å². The van der Waals surface area contributed by atoms with E-state index < -0.39 is 23.2 Å². The molecule has 29 heavy (non-hydrogen) atoms. The highest BCUT2D eigenvalue weighted by Gasteiger charge is 2.37. The molecule has 0 aromatic heterocycles. The van der Waals surface area contributed by atoms with Gasteiger partial charge in [-0.15, -0.1) is 0 Å². The average molecular weight is 507 g/mol. The Kier molecular flexibility index (Phi) is 5.79. The summed E-state index contributed by atoms with van der Waals surface area (Å²) in [5.74, 6) is -2.76. The number of aryl methyl sites for hydroxylation is 1. The zero-order valence-electron chi connectivity index (χ0n) is 15.8. The molecule has 1 aliphatic carbocycles. The van der Waals surface area contributed by atoms with Gasteiger partial charge in [0.05, 0.1) is 5.41 Å². The molecule has 0 saturated heterocycles. The largest absolute Gasteiger partial charge is 0.481 e. The summed E-state index contributed by atoms with van der Waals surface area (Å²) in [6, 6.07) is 9.82. The van der Waals surface area contributed by atoms with Crippen LogP contribution in [0.2, 0.25) is 0 Å². The van der Waals surface area contributed by atoms with Gasteiger partial charge >= 0.3 is 11.9 Å². The van der Waals surface area contributed by atoms with E-state index in [-0.39, 0.29) is 12.0 Å². The molecule has 0 spiro atoms. The minimum Gasteiger partial charge on any atom is -0.481 e. The quantitative estimate of drug-likeness (QED) is 0.474. The second-order valence-electron chi connectivity index (χ2n) is 7.20. The lowest BCUT2D eigenvalue weighted by Gasteiger charge is -2.27. The molecule has 0 amide bonds. The second kappa shape index (κ2) is 7.98. The van der Waals surface area contributed by atoms with Gasteiger partial charge < -0.3 is 15.5 Å². The van der Waals surface area contributed by atoms with Crippen LogP contribution in [0.3, 0.4) is 0 Å². The number of aliphatic carboxylic acids is 2. The SMILES string of the molecule is Cc1cc(I)ccc1Nc1cc(F)ccc1C1=C(C(=O)O)CC(C)(C(=O)O)C=C1. The molecule has 0 bridgehead atoms. The molecule has 150 valence electrons. The van der Waals surface area contributed by atoms with E-state index in [1.165, 1.54) is 37.3 Å². The Morgan fingerprint density at radius 1 is 1.14 bits per heavy atom. The predicted octanol–water partition coefficient (Wildman–Crippen LogP) is 5.37. The maximum atomic E-state index is 14.0. The standard InChI is InChI=1S/C22H19FINO4/c1-12-9-14(24)4-6-18(12)25-19-10-13(23)3-5-16(19)15-7-8-22(2,21(28)29)11-17(15)20(26)27/h3-10,25H,11H2,1-2H3,(H,26,27)(H,28,29). The number of benzene rings is 2. The molecule has 0 fully saturated rings. The molecule has 1 aliphatic rings. The van der Waals surface area contributed by atoms with Crippen molar-refractivity contribution in [2.24, 2.45) is 5.41 Å². The van der Waals surface area contributed by atoms with Crippen molar-refractivity contribution in [2.75, 3.05) is 5.32 Å². The molecular weight excluding hydrogens is 488 g/mol. The zero-order valence-corrected chi connectivity index (χ0v) is 18.0. The molecule has 3 rings (SSSR count). The smallest absolute Gasteiger partial charge is 0.332 e. The number of allylic oxidation sites excluding steroid dienone is 2. The molecule has 3 N–H and O–H groups in total. The van der Waals surface area contributed by atoms with Gasteiger partial charge in [0, 0.05) is 26.1 Å². The van der Waals surface area contributed by atoms with Crippen molar-refractivity contribution in [2.45, 2.75) is 20.3 Å². The van der Waals surface area contributed by atoms with Crippen molar-refractivity contribution in [3.05, 3.63) is 74.6 Å². The summed E-state index contributed by atoms with van der Waals surface area (Å²) in [5.41, 5.74) is 1.66. The van der Waals surface area contributed by atoms with Crippen LogP contribution < -0.4 is 5.32 Å². The van der Waals surface area contributed by atoms with Gasteiger partial charge in [-0.2, -0.15) is 0 Å². The van der Waals surface area contributed by atoms with Crippen LogP contribution in [-0.4, -0.2) is 22.2 Å². The van der Waals surface area contributed by atoms with Crippen molar-refractivity contribution in [3.63, 3.8) is 0 Å². The van der Waals surface area contributed by atoms with Crippen molar-refractivity contribution < 1.29 is 24.2 Å². The third-order valence-electron chi connectivity index (χ3n) is 4.96. The third kappa shape index (κ3) is 4.34. The average Bonchev–Trinajstić information content (AvgIpc) is 2.64. The molecule has 2 aromatic carbocycles. The Labute approximate surface area is 181 Å². The zero-order chi connectivity index (χ0) is 21.3. The van der Waals surface area contributed by atoms with E-state index in [4.69, 9.17) is 0 Å². The first-order valence-corrected chi connectivity index (χ1v) is 9.91. The minimum absolute atomic E-state index is 0.0219. The Hall–Kier alpha value is -2.68. The number of carboxylic acid groups (broad SMARTS) is 2. The first-order valence-electron chi connectivity index (χ1n) is 8.83. The highest BCUT2D eigenvalue weighted by molar-refractivity contribution is 14.1. The van der Waals surface area contributed by atoms with Gasteiger partial charge in [0.25, 0.3) is 0 Å². The number of rotatable bonds is 5. The Bertz CT molecular complexity index is 1080. The first-order chi connectivity index (χ1) is 13.6. The highest BCUT2D eigenvalue weighted by atomic mass is 127. The van der Waals surface area contributed by atoms with E-state index in [1.54, 1.807) is 0 Å². The summed E-state index contributed by atoms with van der Waals surface area (Å²) in [6.45, 7) is 3.40. The summed E-state index contributed by atoms with van der Waals surface area (Å²) in [5, 5.41) is 22.4. The summed E-state index contributed by atoms with van der Waals surface area (Å²) in [7, 11) is 0. The van der Waals surface area contributed by atoms with Gasteiger partial charge in [0.2, 0.25) is 0 Å². The van der Waals surface area contributed by atoms with Crippen LogP contribution in [0.1, 0.15) is 24.5 Å². The molecule has 2 aromatic rings. The lowest BCUT2D eigenvalue weighted by atomic mass is 9.76. The van der Waals surface area contributed by atoms with Crippen LogP contribution in [0.4, 0.5) is 15.8 Å². The monoisotopic (exact) mass is 507 g/mol. The summed E-state index contributed by atoms with van der Waals surface area (Å²) < 4.78 is 15.1. The lowest BCUT2D eigenvalue weighted by molar-refractivity contribution is -0.145. The molecule has 0 saturated carbocycles. The molecule has 1 atom stereocenters. The number of carboxylic acids is 2. The normalized spacial score (nSPS) is 18.6. The van der Waals surface area contributed by atoms with E-state index in [1.807, 2.05) is 25.1 Å². The Balaban J connectivity index is 2.12. The fourth-order valence-corrected chi connectivity index (χ4v) is 3.89. The van der Waals surface area contributed by atoms with Crippen LogP contribution in [0, 0.1) is 21.7 Å². The summed E-state index contributed by atoms with van der Waals surface area (Å²) >= 11 is 2.20. The molecule has 0 aliphatic heterocycles. The van der Waals surface area contributed by atoms with Gasteiger partial charge in [-0.3, -0.25) is 4.79 Å². The van der Waals surface area contributed by atoms with Crippen molar-refractivity contribution >= 4 is 51.5 Å². The summed E-state index contributed by atoms with van der Waals surface area (Å²) in [4.78, 5) is 23.5. The minimum atomic E-state index is -1.31. The molecule has 5 nitrogen and oxygen atoms in total. The van der Waals surface area contributed by atoms with E-state index in [0.717, 1.165) is 14.8 Å². The maximum absolute atomic E-state index is 14.0. The number of hydrogen-bond acceptors (Lipinski definition) is 3. The third-order valence-corrected chi connectivity index (χ3v) is 5.63. The second-order valence-corrected chi connectivity index (χ2v) is 8.45. The number of hydrogen-bond donors (Lipinski definition) is 3. The van der Waals surface area contributed by atoms with Crippen LogP contribution in [0.5, 0.6) is 0 Å². The van der Waals surface area contributed by atoms with Gasteiger partial charge in [-0.05, 0) is 90.4 Å². The fourth-order valence-electron chi connectivity index (χ4n) is 3.25. The molecule has 0 radical (unpaired) electrons. The van der Waals surface area contributed by atoms with Crippen LogP contribution in [0.15, 0.2) is 54.1 Å². The maximum Gasteiger partial charge on any atom is 0.332 e. The molecular formula is C22H19FINO4. The molecule has 7 heteroatoms. The van der Waals surface area contributed by atoms with Gasteiger partial charge in [-0.25, -0.2) is 9.18 Å². The lowest BCUT2D eigenvalue weighted by Crippen LogP contribution is -2.29. The van der Waals surface area contributed by atoms with E-state index >= 15 is 0 Å². The van der Waals surface area contributed by atoms with Crippen molar-refractivity contribution in [1.29, 1.82) is 0 Å². The van der Waals surface area contributed by atoms with E-state index in [0.29, 0.717) is 16.8 Å². The Morgan fingerprint density at radius 2 is 1.86 bits per heavy atom. The molecule has 0 heterocycles. The molecule has 1 unspecified atom stereocenters. The predicted molar refractivity (Wildman–Crippen MR) is 118 cm³/mol. The number of anilines is 2. The number of carbonyl (C=O) groups is 2. The number of halogens is 2. The van der Waals surface area contributed by atoms with E-state index in [2.05, 4.69) is 27.9 Å². The highest BCUT2D eigenvalue weighted by Crippen LogP contribution is 2.40. The van der Waals surface area contributed by atoms with Crippen LogP contribution in [-0.2, 0) is 9.59 Å². The first kappa shape index (κ1) is 21.0. The van der Waals surface area contributed by atoms with E-state index in [9.17, 15) is 24.2 Å². The van der Waals surface area contributed by atoms with Crippen molar-refractivity contribution in [1.82, 2.24) is 0 Å². The van der Waals surface area contributed by atoms with Crippen LogP contribution in [0.25, 0.3) is 5.57 Å². The van der Waals surface area contributed by atoms with Crippen molar-refractivity contribution in [3.8, 4) is 0 Å². The summed E-state index contributed by atoms with van der Waals surface area (Å²) in [6.07, 6.45) is 2.82.